The Morgan fingerprint density at radius 3 is 1.96 bits per heavy atom. The lowest BCUT2D eigenvalue weighted by Crippen LogP contribution is -3.15. The molecule has 248 valence electrons. The van der Waals surface area contributed by atoms with Crippen molar-refractivity contribution in [3.05, 3.63) is 125 Å². The van der Waals surface area contributed by atoms with E-state index in [9.17, 15) is 19.5 Å². The number of benzene rings is 4. The van der Waals surface area contributed by atoms with Gasteiger partial charge in [-0.1, -0.05) is 78.9 Å². The highest BCUT2D eigenvalue weighted by Crippen LogP contribution is 2.33. The SMILES string of the molecule is COc1ccc(/C(=C\c2ccccc2)C(=O)OC2CC3CCC(C2)[NH+]3C)cc1OC.O=C(O)c1ccccc1C(=O)c1ccc([O-])cc1. The molecule has 9 nitrogen and oxygen atoms in total. The fourth-order valence-corrected chi connectivity index (χ4v) is 6.45. The van der Waals surface area contributed by atoms with Crippen LogP contribution in [0.15, 0.2) is 97.1 Å². The molecular formula is C39H39NO8. The fraction of sp³-hybridized carbons (Fsp3) is 0.256. The lowest BCUT2D eigenvalue weighted by Gasteiger charge is -2.33. The van der Waals surface area contributed by atoms with E-state index in [4.69, 9.17) is 19.3 Å². The Morgan fingerprint density at radius 1 is 0.771 bits per heavy atom. The number of carboxylic acid groups (broad SMARTS) is 1. The highest BCUT2D eigenvalue weighted by molar-refractivity contribution is 6.21. The van der Waals surface area contributed by atoms with Crippen molar-refractivity contribution >= 4 is 29.4 Å². The molecule has 0 radical (unpaired) electrons. The van der Waals surface area contributed by atoms with Crippen molar-refractivity contribution in [3.63, 3.8) is 0 Å². The average Bonchev–Trinajstić information content (AvgIpc) is 3.30. The third-order valence-corrected chi connectivity index (χ3v) is 9.06. The van der Waals surface area contributed by atoms with Crippen LogP contribution in [0.25, 0.3) is 11.6 Å². The Labute approximate surface area is 280 Å². The molecule has 2 aliphatic heterocycles. The number of fused-ring (bicyclic) bond motifs is 2. The zero-order valence-electron chi connectivity index (χ0n) is 27.2. The van der Waals surface area contributed by atoms with Crippen LogP contribution in [-0.4, -0.2) is 62.3 Å². The van der Waals surface area contributed by atoms with Crippen LogP contribution in [0.1, 0.15) is 63.1 Å². The van der Waals surface area contributed by atoms with E-state index < -0.39 is 11.8 Å². The number of carbonyl (C=O) groups excluding carboxylic acids is 2. The lowest BCUT2D eigenvalue weighted by molar-refractivity contribution is -0.923. The van der Waals surface area contributed by atoms with Gasteiger partial charge < -0.3 is 29.3 Å². The van der Waals surface area contributed by atoms with Gasteiger partial charge in [-0.2, -0.15) is 0 Å². The first-order valence-electron chi connectivity index (χ1n) is 15.9. The summed E-state index contributed by atoms with van der Waals surface area (Å²) in [5, 5.41) is 20.0. The molecule has 48 heavy (non-hydrogen) atoms. The van der Waals surface area contributed by atoms with E-state index in [2.05, 4.69) is 7.05 Å². The number of esters is 1. The minimum Gasteiger partial charge on any atom is -0.872 e. The monoisotopic (exact) mass is 649 g/mol. The summed E-state index contributed by atoms with van der Waals surface area (Å²) < 4.78 is 16.8. The van der Waals surface area contributed by atoms with Crippen molar-refractivity contribution in [1.82, 2.24) is 0 Å². The largest absolute Gasteiger partial charge is 0.872 e. The van der Waals surface area contributed by atoms with Crippen molar-refractivity contribution in [2.75, 3.05) is 21.3 Å². The number of aromatic carboxylic acids is 1. The summed E-state index contributed by atoms with van der Waals surface area (Å²) in [7, 11) is 5.46. The second-order valence-corrected chi connectivity index (χ2v) is 12.0. The molecule has 2 N–H and O–H groups in total. The molecule has 0 saturated carbocycles. The van der Waals surface area contributed by atoms with Gasteiger partial charge in [0.1, 0.15) is 6.10 Å². The Balaban J connectivity index is 0.000000214. The summed E-state index contributed by atoms with van der Waals surface area (Å²) in [6, 6.07) is 27.9. The second kappa shape index (κ2) is 15.5. The minimum absolute atomic E-state index is 0.0157. The highest BCUT2D eigenvalue weighted by atomic mass is 16.5. The molecule has 6 rings (SSSR count). The maximum Gasteiger partial charge on any atom is 0.339 e. The van der Waals surface area contributed by atoms with E-state index in [1.165, 1.54) is 49.2 Å². The van der Waals surface area contributed by atoms with Crippen LogP contribution in [0.4, 0.5) is 0 Å². The van der Waals surface area contributed by atoms with E-state index >= 15 is 0 Å². The van der Waals surface area contributed by atoms with Crippen LogP contribution >= 0.6 is 0 Å². The van der Waals surface area contributed by atoms with Crippen LogP contribution in [0.5, 0.6) is 17.2 Å². The van der Waals surface area contributed by atoms with Gasteiger partial charge in [0, 0.05) is 36.8 Å². The Bertz CT molecular complexity index is 1770. The third-order valence-electron chi connectivity index (χ3n) is 9.06. The summed E-state index contributed by atoms with van der Waals surface area (Å²) in [4.78, 5) is 38.0. The van der Waals surface area contributed by atoms with Crippen LogP contribution in [0.2, 0.25) is 0 Å². The number of rotatable bonds is 9. The number of ether oxygens (including phenoxy) is 3. The fourth-order valence-electron chi connectivity index (χ4n) is 6.45. The van der Waals surface area contributed by atoms with E-state index in [0.717, 1.165) is 24.0 Å². The van der Waals surface area contributed by atoms with Crippen LogP contribution in [0, 0.1) is 0 Å². The van der Waals surface area contributed by atoms with Crippen molar-refractivity contribution in [2.24, 2.45) is 0 Å². The van der Waals surface area contributed by atoms with E-state index in [-0.39, 0.29) is 28.9 Å². The zero-order chi connectivity index (χ0) is 34.2. The number of methoxy groups -OCH3 is 2. The van der Waals surface area contributed by atoms with Gasteiger partial charge in [-0.25, -0.2) is 9.59 Å². The van der Waals surface area contributed by atoms with Crippen molar-refractivity contribution in [1.29, 1.82) is 0 Å². The Hall–Kier alpha value is -5.41. The Kier molecular flexibility index (Phi) is 10.9. The van der Waals surface area contributed by atoms with Gasteiger partial charge in [0.2, 0.25) is 0 Å². The zero-order valence-corrected chi connectivity index (χ0v) is 27.2. The number of hydrogen-bond donors (Lipinski definition) is 2. The summed E-state index contributed by atoms with van der Waals surface area (Å²) in [6.07, 6.45) is 6.22. The molecule has 0 aromatic heterocycles. The second-order valence-electron chi connectivity index (χ2n) is 12.0. The molecule has 0 aliphatic carbocycles. The van der Waals surface area contributed by atoms with Gasteiger partial charge in [0.15, 0.2) is 17.3 Å². The molecular weight excluding hydrogens is 610 g/mol. The van der Waals surface area contributed by atoms with E-state index in [1.54, 1.807) is 31.3 Å². The minimum atomic E-state index is -1.15. The summed E-state index contributed by atoms with van der Waals surface area (Å²) in [5.41, 5.74) is 2.59. The molecule has 2 unspecified atom stereocenters. The molecule has 9 heteroatoms. The first-order chi connectivity index (χ1) is 23.2. The van der Waals surface area contributed by atoms with Gasteiger partial charge in [-0.15, -0.1) is 5.75 Å². The Morgan fingerprint density at radius 2 is 1.35 bits per heavy atom. The third kappa shape index (κ3) is 7.93. The summed E-state index contributed by atoms with van der Waals surface area (Å²) in [5.74, 6) is -0.827. The van der Waals surface area contributed by atoms with Gasteiger partial charge in [0.25, 0.3) is 0 Å². The molecule has 0 amide bonds. The summed E-state index contributed by atoms with van der Waals surface area (Å²) in [6.45, 7) is 0. The number of ketones is 1. The molecule has 2 aliphatic rings. The number of piperidine rings is 1. The maximum absolute atomic E-state index is 13.3. The number of carboxylic acids is 1. The van der Waals surface area contributed by atoms with Gasteiger partial charge in [0.05, 0.1) is 44.5 Å². The van der Waals surface area contributed by atoms with Gasteiger partial charge in [-0.3, -0.25) is 4.79 Å². The molecule has 0 spiro atoms. The van der Waals surface area contributed by atoms with Gasteiger partial charge >= 0.3 is 11.9 Å². The number of nitrogens with one attached hydrogen (secondary N) is 1. The quantitative estimate of drug-likeness (QED) is 0.116. The van der Waals surface area contributed by atoms with E-state index in [1.807, 2.05) is 54.6 Å². The van der Waals surface area contributed by atoms with Crippen LogP contribution < -0.4 is 19.5 Å². The molecule has 4 aromatic carbocycles. The smallest absolute Gasteiger partial charge is 0.339 e. The molecule has 2 atom stereocenters. The van der Waals surface area contributed by atoms with Gasteiger partial charge in [-0.05, 0) is 35.4 Å². The summed E-state index contributed by atoms with van der Waals surface area (Å²) >= 11 is 0. The first-order valence-corrected chi connectivity index (χ1v) is 15.9. The van der Waals surface area contributed by atoms with Crippen LogP contribution in [0.3, 0.4) is 0 Å². The van der Waals surface area contributed by atoms with Crippen molar-refractivity contribution < 1.29 is 43.7 Å². The normalized spacial score (nSPS) is 19.8. The topological polar surface area (TPSA) is 127 Å². The average molecular weight is 650 g/mol. The molecule has 2 bridgehead atoms. The van der Waals surface area contributed by atoms with Crippen molar-refractivity contribution in [2.45, 2.75) is 43.9 Å². The standard InChI is InChI=1S/C25H29NO4.C14H10O4/c1-26-19-10-11-20(26)16-21(15-19)30-25(27)22(13-17-7-5-4-6-8-17)18-9-12-23(28-2)24(14-18)29-3;15-10-7-5-9(6-8-10)13(16)11-3-1-2-4-12(11)14(17)18/h4-9,12-14,19-21H,10-11,15-16H2,1-3H3;1-8,15H,(H,17,18)/b22-13+;. The molecule has 4 aromatic rings. The lowest BCUT2D eigenvalue weighted by atomic mass is 9.98. The first kappa shape index (κ1) is 33.9. The highest BCUT2D eigenvalue weighted by Gasteiger charge is 2.43. The molecule has 2 saturated heterocycles. The number of carbonyl (C=O) groups is 3. The predicted molar refractivity (Wildman–Crippen MR) is 179 cm³/mol. The number of hydrogen-bond acceptors (Lipinski definition) is 7. The van der Waals surface area contributed by atoms with Crippen molar-refractivity contribution in [3.8, 4) is 17.2 Å². The van der Waals surface area contributed by atoms with Crippen LogP contribution in [-0.2, 0) is 9.53 Å². The predicted octanol–water partition coefficient (Wildman–Crippen LogP) is 4.69. The number of quaternary nitrogens is 1. The maximum atomic E-state index is 13.3. The molecule has 2 fully saturated rings. The molecule has 2 heterocycles. The van der Waals surface area contributed by atoms with E-state index in [0.29, 0.717) is 34.7 Å².